The number of carbonyl (C=O) groups is 1. The van der Waals surface area contributed by atoms with E-state index in [2.05, 4.69) is 10.3 Å². The molecule has 0 bridgehead atoms. The molecule has 0 saturated carbocycles. The van der Waals surface area contributed by atoms with Gasteiger partial charge in [-0.15, -0.1) is 11.3 Å². The number of nitrogens with zero attached hydrogens (tertiary/aromatic N) is 1. The molecule has 0 aliphatic rings. The molecule has 0 atom stereocenters. The van der Waals surface area contributed by atoms with Crippen molar-refractivity contribution in [3.05, 3.63) is 34.7 Å². The normalized spacial score (nSPS) is 10.3. The molecule has 2 heterocycles. The Morgan fingerprint density at radius 3 is 3.06 bits per heavy atom. The number of rotatable bonds is 5. The summed E-state index contributed by atoms with van der Waals surface area (Å²) in [5.74, 6) is 1.31. The van der Waals surface area contributed by atoms with Crippen molar-refractivity contribution < 1.29 is 13.9 Å². The van der Waals surface area contributed by atoms with E-state index in [1.54, 1.807) is 12.3 Å². The van der Waals surface area contributed by atoms with Gasteiger partial charge in [0.25, 0.3) is 0 Å². The lowest BCUT2D eigenvalue weighted by molar-refractivity contribution is 0.0520. The molecule has 0 aromatic carbocycles. The molecule has 0 saturated heterocycles. The Kier molecular flexibility index (Phi) is 3.99. The van der Waals surface area contributed by atoms with E-state index >= 15 is 0 Å². The first kappa shape index (κ1) is 12.6. The fourth-order valence-electron chi connectivity index (χ4n) is 1.40. The van der Waals surface area contributed by atoms with Crippen LogP contribution < -0.4 is 5.32 Å². The van der Waals surface area contributed by atoms with Crippen molar-refractivity contribution in [3.8, 4) is 0 Å². The molecule has 18 heavy (non-hydrogen) atoms. The third-order valence-corrected chi connectivity index (χ3v) is 3.00. The second-order valence-electron chi connectivity index (χ2n) is 3.62. The van der Waals surface area contributed by atoms with Gasteiger partial charge in [0.15, 0.2) is 10.8 Å². The van der Waals surface area contributed by atoms with Gasteiger partial charge in [0.05, 0.1) is 13.2 Å². The number of hydrogen-bond acceptors (Lipinski definition) is 6. The number of hydrogen-bond donors (Lipinski definition) is 1. The van der Waals surface area contributed by atoms with Crippen LogP contribution in [-0.4, -0.2) is 17.6 Å². The molecule has 0 fully saturated rings. The first-order valence-electron chi connectivity index (χ1n) is 5.61. The molecule has 0 spiro atoms. The van der Waals surface area contributed by atoms with Crippen LogP contribution >= 0.6 is 11.3 Å². The lowest BCUT2D eigenvalue weighted by atomic mass is 10.4. The van der Waals surface area contributed by atoms with Crippen molar-refractivity contribution in [1.82, 2.24) is 4.98 Å². The maximum atomic E-state index is 11.4. The van der Waals surface area contributed by atoms with Gasteiger partial charge in [-0.3, -0.25) is 0 Å². The molecule has 96 valence electrons. The SMILES string of the molecule is CCOC(=O)c1csc(NCc2ccc(C)o2)n1. The zero-order valence-corrected chi connectivity index (χ0v) is 11.0. The average Bonchev–Trinajstić information content (AvgIpc) is 2.95. The number of anilines is 1. The molecule has 2 aromatic heterocycles. The van der Waals surface area contributed by atoms with Crippen molar-refractivity contribution in [2.75, 3.05) is 11.9 Å². The van der Waals surface area contributed by atoms with E-state index in [1.165, 1.54) is 11.3 Å². The molecule has 0 aliphatic carbocycles. The number of esters is 1. The van der Waals surface area contributed by atoms with Crippen LogP contribution in [0.2, 0.25) is 0 Å². The number of thiazole rings is 1. The molecule has 5 nitrogen and oxygen atoms in total. The lowest BCUT2D eigenvalue weighted by Crippen LogP contribution is -2.05. The average molecular weight is 266 g/mol. The van der Waals surface area contributed by atoms with E-state index in [1.807, 2.05) is 19.1 Å². The summed E-state index contributed by atoms with van der Waals surface area (Å²) in [5, 5.41) is 5.45. The molecular weight excluding hydrogens is 252 g/mol. The van der Waals surface area contributed by atoms with Gasteiger partial charge in [0, 0.05) is 5.38 Å². The molecule has 2 rings (SSSR count). The molecular formula is C12H14N2O3S. The number of nitrogens with one attached hydrogen (secondary N) is 1. The second kappa shape index (κ2) is 5.68. The number of aromatic nitrogens is 1. The minimum Gasteiger partial charge on any atom is -0.465 e. The van der Waals surface area contributed by atoms with Crippen molar-refractivity contribution in [3.63, 3.8) is 0 Å². The number of aryl methyl sites for hydroxylation is 1. The fraction of sp³-hybridized carbons (Fsp3) is 0.333. The maximum absolute atomic E-state index is 11.4. The largest absolute Gasteiger partial charge is 0.465 e. The third kappa shape index (κ3) is 3.10. The summed E-state index contributed by atoms with van der Waals surface area (Å²) in [4.78, 5) is 15.6. The summed E-state index contributed by atoms with van der Waals surface area (Å²) in [6.45, 7) is 4.56. The first-order chi connectivity index (χ1) is 8.69. The van der Waals surface area contributed by atoms with Crippen LogP contribution in [0.3, 0.4) is 0 Å². The molecule has 6 heteroatoms. The van der Waals surface area contributed by atoms with E-state index in [-0.39, 0.29) is 0 Å². The van der Waals surface area contributed by atoms with Gasteiger partial charge in [0.1, 0.15) is 11.5 Å². The van der Waals surface area contributed by atoms with Gasteiger partial charge in [-0.05, 0) is 26.0 Å². The van der Waals surface area contributed by atoms with Gasteiger partial charge in [-0.1, -0.05) is 0 Å². The van der Waals surface area contributed by atoms with Crippen molar-refractivity contribution in [2.45, 2.75) is 20.4 Å². The van der Waals surface area contributed by atoms with E-state index in [4.69, 9.17) is 9.15 Å². The minimum atomic E-state index is -0.393. The highest BCUT2D eigenvalue weighted by molar-refractivity contribution is 7.13. The predicted octanol–water partition coefficient (Wildman–Crippen LogP) is 2.83. The quantitative estimate of drug-likeness (QED) is 0.843. The smallest absolute Gasteiger partial charge is 0.357 e. The summed E-state index contributed by atoms with van der Waals surface area (Å²) < 4.78 is 10.3. The zero-order valence-electron chi connectivity index (χ0n) is 10.2. The Morgan fingerprint density at radius 2 is 2.39 bits per heavy atom. The summed E-state index contributed by atoms with van der Waals surface area (Å²) in [7, 11) is 0. The molecule has 0 unspecified atom stereocenters. The van der Waals surface area contributed by atoms with Crippen molar-refractivity contribution in [2.24, 2.45) is 0 Å². The van der Waals surface area contributed by atoms with Crippen LogP contribution in [0.4, 0.5) is 5.13 Å². The number of ether oxygens (including phenoxy) is 1. The lowest BCUT2D eigenvalue weighted by Gasteiger charge is -1.99. The first-order valence-corrected chi connectivity index (χ1v) is 6.49. The zero-order chi connectivity index (χ0) is 13.0. The van der Waals surface area contributed by atoms with E-state index in [0.717, 1.165) is 11.5 Å². The summed E-state index contributed by atoms with van der Waals surface area (Å²) >= 11 is 1.37. The highest BCUT2D eigenvalue weighted by atomic mass is 32.1. The van der Waals surface area contributed by atoms with Crippen LogP contribution in [0.15, 0.2) is 21.9 Å². The number of furan rings is 1. The Labute approximate surface area is 109 Å². The second-order valence-corrected chi connectivity index (χ2v) is 4.48. The Balaban J connectivity index is 1.92. The van der Waals surface area contributed by atoms with Crippen LogP contribution in [0, 0.1) is 6.92 Å². The Bertz CT molecular complexity index is 533. The van der Waals surface area contributed by atoms with Gasteiger partial charge in [0.2, 0.25) is 0 Å². The molecule has 0 amide bonds. The Hall–Kier alpha value is -1.82. The fourth-order valence-corrected chi connectivity index (χ4v) is 2.08. The van der Waals surface area contributed by atoms with Crippen molar-refractivity contribution >= 4 is 22.4 Å². The summed E-state index contributed by atoms with van der Waals surface area (Å²) in [5.41, 5.74) is 0.333. The van der Waals surface area contributed by atoms with Gasteiger partial charge >= 0.3 is 5.97 Å². The van der Waals surface area contributed by atoms with Gasteiger partial charge in [-0.25, -0.2) is 9.78 Å². The molecule has 0 radical (unpaired) electrons. The van der Waals surface area contributed by atoms with E-state index < -0.39 is 5.97 Å². The third-order valence-electron chi connectivity index (χ3n) is 2.20. The summed E-state index contributed by atoms with van der Waals surface area (Å²) in [6, 6.07) is 3.81. The van der Waals surface area contributed by atoms with Gasteiger partial charge in [-0.2, -0.15) is 0 Å². The number of carbonyl (C=O) groups excluding carboxylic acids is 1. The Morgan fingerprint density at radius 1 is 1.56 bits per heavy atom. The van der Waals surface area contributed by atoms with Crippen LogP contribution in [0.1, 0.15) is 28.9 Å². The standard InChI is InChI=1S/C12H14N2O3S/c1-3-16-11(15)10-7-18-12(14-10)13-6-9-5-4-8(2)17-9/h4-5,7H,3,6H2,1-2H3,(H,13,14). The highest BCUT2D eigenvalue weighted by Gasteiger charge is 2.11. The van der Waals surface area contributed by atoms with Crippen LogP contribution in [0.25, 0.3) is 0 Å². The van der Waals surface area contributed by atoms with E-state index in [9.17, 15) is 4.79 Å². The molecule has 2 aromatic rings. The predicted molar refractivity (Wildman–Crippen MR) is 68.8 cm³/mol. The summed E-state index contributed by atoms with van der Waals surface area (Å²) in [6.07, 6.45) is 0. The van der Waals surface area contributed by atoms with Gasteiger partial charge < -0.3 is 14.5 Å². The maximum Gasteiger partial charge on any atom is 0.357 e. The monoisotopic (exact) mass is 266 g/mol. The molecule has 1 N–H and O–H groups in total. The molecule has 0 aliphatic heterocycles. The minimum absolute atomic E-state index is 0.333. The van der Waals surface area contributed by atoms with Crippen LogP contribution in [0.5, 0.6) is 0 Å². The van der Waals surface area contributed by atoms with Crippen LogP contribution in [-0.2, 0) is 11.3 Å². The van der Waals surface area contributed by atoms with E-state index in [0.29, 0.717) is 24.0 Å². The highest BCUT2D eigenvalue weighted by Crippen LogP contribution is 2.17. The van der Waals surface area contributed by atoms with Crippen molar-refractivity contribution in [1.29, 1.82) is 0 Å². The topological polar surface area (TPSA) is 64.4 Å².